The standard InChI is InChI=1S/C18H27FIO.BF4/c1-16-10-12-18(13-11-16)20-15-17(19)9-7-5-3-2-4-6-8-14-21;2-1(3,4)5/h10-13,15,21H,2-9,14H2,1H3;/q+1;-1/b17-15+;. The molecule has 0 atom stereocenters. The Hall–Kier alpha value is -0.635. The molecule has 8 heteroatoms. The van der Waals surface area contributed by atoms with Crippen molar-refractivity contribution in [2.45, 2.75) is 58.3 Å². The van der Waals surface area contributed by atoms with E-state index in [-0.39, 0.29) is 27.0 Å². The maximum atomic E-state index is 13.7. The number of unbranched alkanes of at least 4 members (excludes halogenated alkanes) is 6. The molecule has 0 aliphatic rings. The molecule has 0 amide bonds. The van der Waals surface area contributed by atoms with Crippen LogP contribution in [0.3, 0.4) is 0 Å². The molecule has 0 bridgehead atoms. The Morgan fingerprint density at radius 1 is 0.923 bits per heavy atom. The molecule has 0 radical (unpaired) electrons. The summed E-state index contributed by atoms with van der Waals surface area (Å²) in [6.07, 6.45) is 8.29. The number of aliphatic hydroxyl groups is 1. The highest BCUT2D eigenvalue weighted by Crippen LogP contribution is 2.12. The predicted octanol–water partition coefficient (Wildman–Crippen LogP) is 3.48. The smallest absolute Gasteiger partial charge is 0.418 e. The molecule has 0 saturated carbocycles. The highest BCUT2D eigenvalue weighted by Gasteiger charge is 2.20. The Balaban J connectivity index is 0.00000110. The minimum absolute atomic E-state index is 0.0728. The fourth-order valence-corrected chi connectivity index (χ4v) is 3.86. The van der Waals surface area contributed by atoms with Crippen molar-refractivity contribution in [1.82, 2.24) is 0 Å². The molecule has 0 unspecified atom stereocenters. The average Bonchev–Trinajstić information content (AvgIpc) is 2.55. The van der Waals surface area contributed by atoms with E-state index in [1.54, 1.807) is 0 Å². The van der Waals surface area contributed by atoms with Gasteiger partial charge in [-0.25, -0.2) is 4.39 Å². The highest BCUT2D eigenvalue weighted by molar-refractivity contribution is 6.50. The summed E-state index contributed by atoms with van der Waals surface area (Å²) in [6, 6.07) is 8.41. The first kappa shape index (κ1) is 25.4. The number of allylic oxidation sites excluding steroid dienone is 1. The summed E-state index contributed by atoms with van der Waals surface area (Å²) in [5, 5.41) is 8.67. The van der Waals surface area contributed by atoms with Gasteiger partial charge in [0.05, 0.1) is 0 Å². The van der Waals surface area contributed by atoms with Gasteiger partial charge in [0, 0.05) is 13.0 Å². The number of rotatable bonds is 11. The van der Waals surface area contributed by atoms with E-state index in [9.17, 15) is 21.7 Å². The Kier molecular flexibility index (Phi) is 15.0. The molecule has 26 heavy (non-hydrogen) atoms. The number of hydrogen-bond donors (Lipinski definition) is 1. The van der Waals surface area contributed by atoms with Crippen molar-refractivity contribution in [3.63, 3.8) is 0 Å². The van der Waals surface area contributed by atoms with Gasteiger partial charge < -0.3 is 22.4 Å². The molecule has 0 fully saturated rings. The van der Waals surface area contributed by atoms with Gasteiger partial charge in [-0.2, -0.15) is 0 Å². The zero-order valence-electron chi connectivity index (χ0n) is 15.0. The average molecular weight is 492 g/mol. The first-order chi connectivity index (χ1) is 12.2. The van der Waals surface area contributed by atoms with Crippen molar-refractivity contribution in [1.29, 1.82) is 0 Å². The second kappa shape index (κ2) is 15.4. The van der Waals surface area contributed by atoms with E-state index in [4.69, 9.17) is 5.11 Å². The van der Waals surface area contributed by atoms with Crippen LogP contribution in [0, 0.1) is 10.5 Å². The van der Waals surface area contributed by atoms with Gasteiger partial charge in [-0.1, -0.05) is 49.8 Å². The van der Waals surface area contributed by atoms with E-state index in [1.807, 2.05) is 4.08 Å². The molecule has 0 aliphatic heterocycles. The normalized spacial score (nSPS) is 11.9. The molecule has 0 aliphatic carbocycles. The number of aliphatic hydroxyl groups excluding tert-OH is 1. The van der Waals surface area contributed by atoms with Crippen LogP contribution in [-0.4, -0.2) is 19.0 Å². The molecular weight excluding hydrogens is 465 g/mol. The first-order valence-electron chi connectivity index (χ1n) is 8.75. The van der Waals surface area contributed by atoms with Gasteiger partial charge in [-0.3, -0.25) is 0 Å². The quantitative estimate of drug-likeness (QED) is 0.217. The lowest BCUT2D eigenvalue weighted by molar-refractivity contribution is -0.558. The number of benzene rings is 1. The van der Waals surface area contributed by atoms with Gasteiger partial charge >= 0.3 is 28.5 Å². The van der Waals surface area contributed by atoms with E-state index < -0.39 is 7.25 Å². The van der Waals surface area contributed by atoms with Crippen molar-refractivity contribution < 1.29 is 48.0 Å². The van der Waals surface area contributed by atoms with Crippen LogP contribution in [0.5, 0.6) is 0 Å². The van der Waals surface area contributed by atoms with Gasteiger partial charge in [0.25, 0.3) is 0 Å². The molecule has 1 aromatic carbocycles. The van der Waals surface area contributed by atoms with Gasteiger partial charge in [-0.15, -0.1) is 0 Å². The zero-order chi connectivity index (χ0) is 19.8. The minimum Gasteiger partial charge on any atom is -0.418 e. The van der Waals surface area contributed by atoms with Gasteiger partial charge in [0.15, 0.2) is 7.65 Å². The third-order valence-electron chi connectivity index (χ3n) is 3.38. The van der Waals surface area contributed by atoms with Crippen molar-refractivity contribution in [3.8, 4) is 0 Å². The maximum absolute atomic E-state index is 13.7. The van der Waals surface area contributed by atoms with Crippen molar-refractivity contribution in [2.75, 3.05) is 6.61 Å². The van der Waals surface area contributed by atoms with E-state index in [0.717, 1.165) is 25.7 Å². The number of halogens is 6. The predicted molar refractivity (Wildman–Crippen MR) is 93.3 cm³/mol. The Bertz CT molecular complexity index is 485. The molecule has 1 N–H and O–H groups in total. The number of hydrogen-bond acceptors (Lipinski definition) is 1. The van der Waals surface area contributed by atoms with Crippen LogP contribution in [-0.2, 0) is 0 Å². The zero-order valence-corrected chi connectivity index (χ0v) is 17.2. The monoisotopic (exact) mass is 492 g/mol. The highest BCUT2D eigenvalue weighted by atomic mass is 127. The molecular formula is C18H27BF5IO. The van der Waals surface area contributed by atoms with E-state index >= 15 is 0 Å². The third-order valence-corrected chi connectivity index (χ3v) is 5.81. The molecule has 0 saturated heterocycles. The molecule has 0 spiro atoms. The summed E-state index contributed by atoms with van der Waals surface area (Å²) in [5.41, 5.74) is 1.26. The Morgan fingerprint density at radius 3 is 1.88 bits per heavy atom. The summed E-state index contributed by atoms with van der Waals surface area (Å²) < 4.78 is 55.8. The van der Waals surface area contributed by atoms with Crippen LogP contribution in [0.2, 0.25) is 0 Å². The molecule has 150 valence electrons. The van der Waals surface area contributed by atoms with Crippen LogP contribution < -0.4 is 21.2 Å². The van der Waals surface area contributed by atoms with Crippen LogP contribution in [0.15, 0.2) is 34.2 Å². The van der Waals surface area contributed by atoms with E-state index in [1.165, 1.54) is 28.4 Å². The maximum Gasteiger partial charge on any atom is 0.673 e. The fraction of sp³-hybridized carbons (Fsp3) is 0.556. The van der Waals surface area contributed by atoms with Gasteiger partial charge in [0.2, 0.25) is 0 Å². The molecule has 0 heterocycles. The summed E-state index contributed by atoms with van der Waals surface area (Å²) in [7, 11) is -6.00. The molecule has 0 aromatic heterocycles. The van der Waals surface area contributed by atoms with Crippen LogP contribution >= 0.6 is 0 Å². The lowest BCUT2D eigenvalue weighted by atomic mass is 10.1. The van der Waals surface area contributed by atoms with E-state index in [0.29, 0.717) is 13.0 Å². The van der Waals surface area contributed by atoms with Gasteiger partial charge in [0.1, 0.15) is 5.83 Å². The summed E-state index contributed by atoms with van der Waals surface area (Å²) in [4.78, 5) is 0. The molecule has 1 nitrogen and oxygen atoms in total. The second-order valence-corrected chi connectivity index (χ2v) is 8.40. The third kappa shape index (κ3) is 19.7. The Morgan fingerprint density at radius 2 is 1.38 bits per heavy atom. The second-order valence-electron chi connectivity index (χ2n) is 5.90. The van der Waals surface area contributed by atoms with Crippen LogP contribution in [0.25, 0.3) is 0 Å². The van der Waals surface area contributed by atoms with E-state index in [2.05, 4.69) is 31.2 Å². The lowest BCUT2D eigenvalue weighted by Crippen LogP contribution is -3.59. The summed E-state index contributed by atoms with van der Waals surface area (Å²) in [6.45, 7) is 2.38. The van der Waals surface area contributed by atoms with Gasteiger partial charge in [-0.05, 0) is 31.9 Å². The number of aryl methyl sites for hydroxylation is 1. The van der Waals surface area contributed by atoms with Crippen LogP contribution in [0.4, 0.5) is 21.7 Å². The fourth-order valence-electron chi connectivity index (χ4n) is 2.07. The summed E-state index contributed by atoms with van der Waals surface area (Å²) in [5.74, 6) is 0.0728. The minimum atomic E-state index is -6.00. The lowest BCUT2D eigenvalue weighted by Gasteiger charge is -2.00. The van der Waals surface area contributed by atoms with Crippen LogP contribution in [0.1, 0.15) is 56.9 Å². The molecule has 1 rings (SSSR count). The largest absolute Gasteiger partial charge is 0.673 e. The van der Waals surface area contributed by atoms with Crippen molar-refractivity contribution in [3.05, 3.63) is 43.3 Å². The first-order valence-corrected chi connectivity index (χ1v) is 11.1. The molecule has 1 aromatic rings. The Labute approximate surface area is 163 Å². The summed E-state index contributed by atoms with van der Waals surface area (Å²) >= 11 is -0.324. The SMILES string of the molecule is Cc1ccc([I+]/C=C(/F)CCCCCCCCCO)cc1.F[B-](F)(F)F. The van der Waals surface area contributed by atoms with Crippen molar-refractivity contribution >= 4 is 7.25 Å². The topological polar surface area (TPSA) is 20.2 Å². The van der Waals surface area contributed by atoms with Crippen molar-refractivity contribution in [2.24, 2.45) is 0 Å².